The van der Waals surface area contributed by atoms with Crippen LogP contribution >= 0.6 is 23.2 Å². The first kappa shape index (κ1) is 30.5. The molecule has 0 heterocycles. The molecule has 0 spiro atoms. The molecule has 0 aliphatic carbocycles. The summed E-state index contributed by atoms with van der Waals surface area (Å²) in [7, 11) is 0. The summed E-state index contributed by atoms with van der Waals surface area (Å²) >= 11 is 12.1. The summed E-state index contributed by atoms with van der Waals surface area (Å²) in [4.78, 5) is 37.5. The fourth-order valence-electron chi connectivity index (χ4n) is 3.44. The van der Waals surface area contributed by atoms with Crippen LogP contribution in [-0.2, 0) is 25.5 Å². The zero-order chi connectivity index (χ0) is 28.9. The highest BCUT2D eigenvalue weighted by atomic mass is 35.5. The van der Waals surface area contributed by atoms with Crippen LogP contribution in [0.1, 0.15) is 25.0 Å². The van der Waals surface area contributed by atoms with E-state index in [1.807, 2.05) is 30.3 Å². The minimum absolute atomic E-state index is 0.222. The Morgan fingerprint density at radius 2 is 1.75 bits per heavy atom. The third-order valence-corrected chi connectivity index (χ3v) is 5.92. The van der Waals surface area contributed by atoms with E-state index in [0.29, 0.717) is 16.3 Å². The number of nitrogens with zero attached hydrogens (tertiary/aromatic N) is 1. The fraction of sp³-hybridized carbons (Fsp3) is 0.241. The van der Waals surface area contributed by atoms with Crippen molar-refractivity contribution in [2.75, 3.05) is 13.2 Å². The van der Waals surface area contributed by atoms with E-state index in [4.69, 9.17) is 37.4 Å². The van der Waals surface area contributed by atoms with Crippen LogP contribution in [0.4, 0.5) is 0 Å². The van der Waals surface area contributed by atoms with E-state index in [-0.39, 0.29) is 30.4 Å². The van der Waals surface area contributed by atoms with Crippen LogP contribution in [0.15, 0.2) is 77.9 Å². The van der Waals surface area contributed by atoms with Crippen LogP contribution in [0.2, 0.25) is 10.0 Å². The monoisotopic (exact) mass is 585 g/mol. The van der Waals surface area contributed by atoms with Gasteiger partial charge in [0.15, 0.2) is 12.7 Å². The Morgan fingerprint density at radius 3 is 2.48 bits per heavy atom. The number of esters is 1. The lowest BCUT2D eigenvalue weighted by Gasteiger charge is -2.21. The Morgan fingerprint density at radius 1 is 0.975 bits per heavy atom. The molecule has 0 aliphatic rings. The van der Waals surface area contributed by atoms with Crippen molar-refractivity contribution in [2.45, 2.75) is 32.4 Å². The van der Waals surface area contributed by atoms with E-state index in [2.05, 4.69) is 15.8 Å². The van der Waals surface area contributed by atoms with E-state index in [1.165, 1.54) is 12.3 Å². The molecule has 3 rings (SSSR count). The molecule has 0 unspecified atom stereocenters. The Bertz CT molecular complexity index is 1340. The molecule has 3 aromatic carbocycles. The van der Waals surface area contributed by atoms with Crippen LogP contribution in [-0.4, -0.2) is 49.4 Å². The number of halogens is 2. The first-order valence-corrected chi connectivity index (χ1v) is 13.2. The molecule has 40 heavy (non-hydrogen) atoms. The molecule has 210 valence electrons. The molecule has 11 heteroatoms. The zero-order valence-corrected chi connectivity index (χ0v) is 23.4. The number of hydrogen-bond donors (Lipinski definition) is 2. The maximum absolute atomic E-state index is 13.1. The van der Waals surface area contributed by atoms with Gasteiger partial charge in [-0.05, 0) is 55.3 Å². The van der Waals surface area contributed by atoms with Crippen LogP contribution < -0.4 is 20.2 Å². The number of hydrazone groups is 1. The number of amides is 2. The summed E-state index contributed by atoms with van der Waals surface area (Å²) < 4.78 is 15.9. The Hall–Kier alpha value is -4.08. The van der Waals surface area contributed by atoms with Crippen molar-refractivity contribution in [3.8, 4) is 11.5 Å². The lowest BCUT2D eigenvalue weighted by atomic mass is 10.1. The van der Waals surface area contributed by atoms with Crippen molar-refractivity contribution in [2.24, 2.45) is 5.10 Å². The van der Waals surface area contributed by atoms with Crippen LogP contribution in [0.3, 0.4) is 0 Å². The van der Waals surface area contributed by atoms with Gasteiger partial charge in [-0.15, -0.1) is 0 Å². The van der Waals surface area contributed by atoms with Gasteiger partial charge in [0.1, 0.15) is 17.5 Å². The van der Waals surface area contributed by atoms with Gasteiger partial charge in [-0.1, -0.05) is 65.7 Å². The molecule has 0 aliphatic heterocycles. The van der Waals surface area contributed by atoms with Gasteiger partial charge in [-0.3, -0.25) is 9.59 Å². The zero-order valence-electron chi connectivity index (χ0n) is 21.9. The Labute approximate surface area is 242 Å². The molecular weight excluding hydrogens is 557 g/mol. The molecular formula is C29H29Cl2N3O6. The molecule has 2 amide bonds. The summed E-state index contributed by atoms with van der Waals surface area (Å²) in [5, 5.41) is 7.45. The number of ether oxygens (including phenoxy) is 3. The van der Waals surface area contributed by atoms with Gasteiger partial charge in [0.25, 0.3) is 11.8 Å². The second kappa shape index (κ2) is 15.5. The Kier molecular flexibility index (Phi) is 11.8. The van der Waals surface area contributed by atoms with Gasteiger partial charge >= 0.3 is 5.97 Å². The van der Waals surface area contributed by atoms with Crippen LogP contribution in [0, 0.1) is 0 Å². The molecule has 3 aromatic rings. The predicted octanol–water partition coefficient (Wildman–Crippen LogP) is 4.58. The topological polar surface area (TPSA) is 115 Å². The highest BCUT2D eigenvalue weighted by Crippen LogP contribution is 2.28. The molecule has 2 atom stereocenters. The van der Waals surface area contributed by atoms with E-state index in [0.717, 1.165) is 5.56 Å². The van der Waals surface area contributed by atoms with Crippen LogP contribution in [0.5, 0.6) is 11.5 Å². The largest absolute Gasteiger partial charge is 0.482 e. The van der Waals surface area contributed by atoms with Crippen molar-refractivity contribution < 1.29 is 28.6 Å². The average Bonchev–Trinajstić information content (AvgIpc) is 2.94. The third kappa shape index (κ3) is 9.91. The molecule has 0 saturated carbocycles. The summed E-state index contributed by atoms with van der Waals surface area (Å²) in [5.74, 6) is -0.795. The normalized spacial score (nSPS) is 12.3. The van der Waals surface area contributed by atoms with Gasteiger partial charge in [0.05, 0.1) is 17.8 Å². The minimum Gasteiger partial charge on any atom is -0.482 e. The lowest BCUT2D eigenvalue weighted by Crippen LogP contribution is -2.50. The highest BCUT2D eigenvalue weighted by Gasteiger charge is 2.25. The van der Waals surface area contributed by atoms with E-state index < -0.39 is 29.9 Å². The summed E-state index contributed by atoms with van der Waals surface area (Å²) in [6.07, 6.45) is 0.690. The lowest BCUT2D eigenvalue weighted by molar-refractivity contribution is -0.145. The number of nitrogens with one attached hydrogen (secondary N) is 2. The van der Waals surface area contributed by atoms with E-state index >= 15 is 0 Å². The molecule has 9 nitrogen and oxygen atoms in total. The summed E-state index contributed by atoms with van der Waals surface area (Å²) in [6, 6.07) is 19.8. The van der Waals surface area contributed by atoms with Gasteiger partial charge < -0.3 is 19.5 Å². The smallest absolute Gasteiger partial charge is 0.344 e. The molecule has 0 radical (unpaired) electrons. The maximum atomic E-state index is 13.1. The maximum Gasteiger partial charge on any atom is 0.344 e. The SMILES string of the molecule is CCOC(=O)COc1cccc(/C=N\NC(=O)[C@@H](Cc2ccccc2)NC(=O)[C@H](C)Oc2ccc(Cl)cc2Cl)c1. The van der Waals surface area contributed by atoms with Gasteiger partial charge in [0.2, 0.25) is 0 Å². The van der Waals surface area contributed by atoms with Crippen molar-refractivity contribution in [1.82, 2.24) is 10.7 Å². The minimum atomic E-state index is -0.953. The number of carbonyl (C=O) groups is 3. The second-order valence-corrected chi connectivity index (χ2v) is 9.33. The standard InChI is InChI=1S/C29H29Cl2N3O6/c1-3-38-27(35)18-39-23-11-7-10-21(14-23)17-32-34-29(37)25(15-20-8-5-4-6-9-20)33-28(36)19(2)40-26-13-12-22(30)16-24(26)31/h4-14,16-17,19,25H,3,15,18H2,1-2H3,(H,33,36)(H,34,37)/b32-17-/t19-,25+/m0/s1. The van der Waals surface area contributed by atoms with Crippen molar-refractivity contribution in [3.05, 3.63) is 94.0 Å². The van der Waals surface area contributed by atoms with E-state index in [1.54, 1.807) is 50.2 Å². The van der Waals surface area contributed by atoms with Gasteiger partial charge in [-0.25, -0.2) is 10.2 Å². The molecule has 2 N–H and O–H groups in total. The van der Waals surface area contributed by atoms with Crippen molar-refractivity contribution in [1.29, 1.82) is 0 Å². The molecule has 0 saturated heterocycles. The predicted molar refractivity (Wildman–Crippen MR) is 153 cm³/mol. The number of hydrogen-bond acceptors (Lipinski definition) is 7. The number of benzene rings is 3. The van der Waals surface area contributed by atoms with E-state index in [9.17, 15) is 14.4 Å². The average molecular weight is 586 g/mol. The van der Waals surface area contributed by atoms with Crippen molar-refractivity contribution >= 4 is 47.2 Å². The van der Waals surface area contributed by atoms with Gasteiger partial charge in [0, 0.05) is 11.4 Å². The Balaban J connectivity index is 1.64. The highest BCUT2D eigenvalue weighted by molar-refractivity contribution is 6.35. The fourth-order valence-corrected chi connectivity index (χ4v) is 3.89. The van der Waals surface area contributed by atoms with Crippen molar-refractivity contribution in [3.63, 3.8) is 0 Å². The first-order valence-electron chi connectivity index (χ1n) is 12.4. The summed E-state index contributed by atoms with van der Waals surface area (Å²) in [5.41, 5.74) is 3.93. The first-order chi connectivity index (χ1) is 19.2. The number of rotatable bonds is 13. The quantitative estimate of drug-likeness (QED) is 0.172. The molecule has 0 aromatic heterocycles. The third-order valence-electron chi connectivity index (χ3n) is 5.39. The molecule has 0 bridgehead atoms. The second-order valence-electron chi connectivity index (χ2n) is 8.49. The molecule has 0 fully saturated rings. The van der Waals surface area contributed by atoms with Crippen LogP contribution in [0.25, 0.3) is 0 Å². The van der Waals surface area contributed by atoms with Gasteiger partial charge in [-0.2, -0.15) is 5.10 Å². The number of carbonyl (C=O) groups excluding carboxylic acids is 3. The summed E-state index contributed by atoms with van der Waals surface area (Å²) in [6.45, 7) is 3.30.